The van der Waals surface area contributed by atoms with Gasteiger partial charge >= 0.3 is 6.18 Å². The van der Waals surface area contributed by atoms with Crippen molar-refractivity contribution in [3.63, 3.8) is 0 Å². The minimum atomic E-state index is -4.28. The van der Waals surface area contributed by atoms with Gasteiger partial charge in [0.25, 0.3) is 0 Å². The summed E-state index contributed by atoms with van der Waals surface area (Å²) < 4.78 is 38.0. The number of halogens is 3. The maximum absolute atomic E-state index is 12.7. The van der Waals surface area contributed by atoms with Gasteiger partial charge in [-0.15, -0.1) is 0 Å². The predicted octanol–water partition coefficient (Wildman–Crippen LogP) is 5.05. The fourth-order valence-electron chi connectivity index (χ4n) is 2.78. The summed E-state index contributed by atoms with van der Waals surface area (Å²) in [5.41, 5.74) is 2.82. The lowest BCUT2D eigenvalue weighted by Crippen LogP contribution is -2.12. The lowest BCUT2D eigenvalue weighted by atomic mass is 9.96. The first-order valence-corrected chi connectivity index (χ1v) is 8.34. The molecule has 0 saturated heterocycles. The first-order chi connectivity index (χ1) is 9.97. The van der Waals surface area contributed by atoms with Gasteiger partial charge in [-0.25, -0.2) is 0 Å². The average molecular weight is 308 g/mol. The second-order valence-corrected chi connectivity index (χ2v) is 7.14. The molecule has 0 spiro atoms. The molecule has 1 aliphatic rings. The Labute approximate surface area is 124 Å². The molecule has 2 atom stereocenters. The van der Waals surface area contributed by atoms with E-state index in [0.717, 1.165) is 17.7 Å². The van der Waals surface area contributed by atoms with Crippen molar-refractivity contribution in [2.45, 2.75) is 17.8 Å². The molecule has 0 fully saturated rings. The number of benzene rings is 2. The quantitative estimate of drug-likeness (QED) is 0.647. The van der Waals surface area contributed by atoms with Gasteiger partial charge in [-0.05, 0) is 41.0 Å². The first-order valence-electron chi connectivity index (χ1n) is 6.71. The summed E-state index contributed by atoms with van der Waals surface area (Å²) in [7, 11) is -0.0994. The molecule has 1 unspecified atom stereocenters. The van der Waals surface area contributed by atoms with Crippen molar-refractivity contribution in [1.29, 1.82) is 0 Å². The Morgan fingerprint density at radius 1 is 1.00 bits per heavy atom. The van der Waals surface area contributed by atoms with Gasteiger partial charge in [0.1, 0.15) is 0 Å². The van der Waals surface area contributed by atoms with Crippen LogP contribution < -0.4 is 0 Å². The minimum absolute atomic E-state index is 0.0994. The number of rotatable bonds is 1. The van der Waals surface area contributed by atoms with Crippen molar-refractivity contribution in [3.05, 3.63) is 70.8 Å². The monoisotopic (exact) mass is 308 g/mol. The highest BCUT2D eigenvalue weighted by atomic mass is 32.2. The van der Waals surface area contributed by atoms with Crippen molar-refractivity contribution < 1.29 is 13.2 Å². The van der Waals surface area contributed by atoms with Gasteiger partial charge in [0, 0.05) is 5.25 Å². The third-order valence-corrected chi connectivity index (χ3v) is 5.77. The fourth-order valence-corrected chi connectivity index (χ4v) is 4.62. The van der Waals surface area contributed by atoms with Gasteiger partial charge in [-0.3, -0.25) is 0 Å². The normalized spacial score (nSPS) is 21.9. The molecular formula is C17H15F3S. The van der Waals surface area contributed by atoms with Gasteiger partial charge in [0.15, 0.2) is 0 Å². The maximum Gasteiger partial charge on any atom is 0.416 e. The van der Waals surface area contributed by atoms with Crippen LogP contribution in [0.25, 0.3) is 0 Å². The summed E-state index contributed by atoms with van der Waals surface area (Å²) in [5, 5.41) is 0.109. The van der Waals surface area contributed by atoms with Crippen LogP contribution in [0.5, 0.6) is 0 Å². The second-order valence-electron chi connectivity index (χ2n) is 5.19. The third kappa shape index (κ3) is 2.77. The highest BCUT2D eigenvalue weighted by Crippen LogP contribution is 2.45. The second kappa shape index (κ2) is 5.34. The molecule has 2 aromatic rings. The Morgan fingerprint density at radius 2 is 1.67 bits per heavy atom. The smallest absolute Gasteiger partial charge is 0.181 e. The van der Waals surface area contributed by atoms with Gasteiger partial charge in [0.05, 0.1) is 5.56 Å². The predicted molar refractivity (Wildman–Crippen MR) is 83.0 cm³/mol. The molecule has 21 heavy (non-hydrogen) atoms. The Kier molecular flexibility index (Phi) is 3.66. The van der Waals surface area contributed by atoms with E-state index in [4.69, 9.17) is 0 Å². The summed E-state index contributed by atoms with van der Waals surface area (Å²) in [4.78, 5) is 0. The lowest BCUT2D eigenvalue weighted by Gasteiger charge is -2.29. The lowest BCUT2D eigenvalue weighted by molar-refractivity contribution is -0.137. The van der Waals surface area contributed by atoms with Crippen molar-refractivity contribution in [2.75, 3.05) is 5.75 Å². The Morgan fingerprint density at radius 3 is 2.33 bits per heavy atom. The standard InChI is InChI=1S/C17H15F3S/c1-21-11-10-12-4-2-3-5-15(12)16(21)13-6-8-14(9-7-13)17(18,19)20/h2-9,16H,1,10-11H2/t16-,21?/m1/s1. The number of aryl methyl sites for hydroxylation is 1. The molecule has 2 aromatic carbocycles. The number of fused-ring (bicyclic) bond motifs is 1. The topological polar surface area (TPSA) is 0 Å². The van der Waals surface area contributed by atoms with Gasteiger partial charge in [0.2, 0.25) is 0 Å². The molecule has 0 radical (unpaired) electrons. The van der Waals surface area contributed by atoms with E-state index < -0.39 is 11.7 Å². The van der Waals surface area contributed by atoms with E-state index in [1.165, 1.54) is 23.3 Å². The molecular weight excluding hydrogens is 293 g/mol. The van der Waals surface area contributed by atoms with Crippen molar-refractivity contribution in [3.8, 4) is 0 Å². The van der Waals surface area contributed by atoms with Crippen LogP contribution in [0.3, 0.4) is 0 Å². The SMILES string of the molecule is C=S1CCc2ccccc2[C@H]1c1ccc(C(F)(F)F)cc1. The van der Waals surface area contributed by atoms with Crippen LogP contribution in [0.15, 0.2) is 48.5 Å². The zero-order chi connectivity index (χ0) is 15.0. The summed E-state index contributed by atoms with van der Waals surface area (Å²) in [5.74, 6) is 5.22. The van der Waals surface area contributed by atoms with E-state index in [0.29, 0.717) is 0 Å². The molecule has 0 N–H and O–H groups in total. The molecule has 1 aliphatic heterocycles. The van der Waals surface area contributed by atoms with Crippen LogP contribution in [-0.2, 0) is 12.6 Å². The fraction of sp³-hybridized carbons (Fsp3) is 0.235. The molecule has 110 valence electrons. The van der Waals surface area contributed by atoms with Crippen LogP contribution in [0.1, 0.15) is 27.5 Å². The largest absolute Gasteiger partial charge is 0.416 e. The van der Waals surface area contributed by atoms with E-state index >= 15 is 0 Å². The van der Waals surface area contributed by atoms with E-state index in [2.05, 4.69) is 18.0 Å². The van der Waals surface area contributed by atoms with Gasteiger partial charge in [-0.2, -0.15) is 23.7 Å². The van der Waals surface area contributed by atoms with Gasteiger partial charge in [-0.1, -0.05) is 42.3 Å². The average Bonchev–Trinajstić information content (AvgIpc) is 2.46. The van der Waals surface area contributed by atoms with Crippen LogP contribution in [0, 0.1) is 0 Å². The number of alkyl halides is 3. The Balaban J connectivity index is 2.02. The maximum atomic E-state index is 12.7. The van der Waals surface area contributed by atoms with Crippen molar-refractivity contribution in [1.82, 2.24) is 0 Å². The van der Waals surface area contributed by atoms with Crippen LogP contribution in [-0.4, -0.2) is 11.6 Å². The highest BCUT2D eigenvalue weighted by Gasteiger charge is 2.31. The Hall–Kier alpha value is -1.55. The molecule has 0 nitrogen and oxygen atoms in total. The summed E-state index contributed by atoms with van der Waals surface area (Å²) >= 11 is 0. The highest BCUT2D eigenvalue weighted by molar-refractivity contribution is 8.14. The first kappa shape index (κ1) is 14.4. The molecule has 3 rings (SSSR count). The summed E-state index contributed by atoms with van der Waals surface area (Å²) in [6.07, 6.45) is -3.28. The van der Waals surface area contributed by atoms with E-state index in [1.807, 2.05) is 12.1 Å². The molecule has 1 heterocycles. The molecule has 0 saturated carbocycles. The summed E-state index contributed by atoms with van der Waals surface area (Å²) in [6, 6.07) is 13.7. The zero-order valence-corrected chi connectivity index (χ0v) is 12.2. The molecule has 0 bridgehead atoms. The molecule has 0 aliphatic carbocycles. The minimum Gasteiger partial charge on any atom is -0.181 e. The third-order valence-electron chi connectivity index (χ3n) is 3.85. The molecule has 4 heteroatoms. The van der Waals surface area contributed by atoms with Crippen molar-refractivity contribution in [2.24, 2.45) is 0 Å². The van der Waals surface area contributed by atoms with Crippen molar-refractivity contribution >= 4 is 16.4 Å². The van der Waals surface area contributed by atoms with Gasteiger partial charge < -0.3 is 0 Å². The molecule has 0 aromatic heterocycles. The summed E-state index contributed by atoms with van der Waals surface area (Å²) in [6.45, 7) is 0. The zero-order valence-electron chi connectivity index (χ0n) is 11.4. The van der Waals surface area contributed by atoms with Crippen LogP contribution in [0.4, 0.5) is 13.2 Å². The number of hydrogen-bond acceptors (Lipinski definition) is 0. The van der Waals surface area contributed by atoms with E-state index in [-0.39, 0.29) is 15.7 Å². The number of hydrogen-bond donors (Lipinski definition) is 0. The van der Waals surface area contributed by atoms with Crippen LogP contribution in [0.2, 0.25) is 0 Å². The van der Waals surface area contributed by atoms with E-state index in [9.17, 15) is 13.2 Å². The van der Waals surface area contributed by atoms with Crippen LogP contribution >= 0.6 is 10.5 Å². The van der Waals surface area contributed by atoms with E-state index in [1.54, 1.807) is 12.1 Å². The molecule has 0 amide bonds. The Bertz CT molecular complexity index is 671.